The van der Waals surface area contributed by atoms with Gasteiger partial charge in [-0.3, -0.25) is 9.59 Å². The summed E-state index contributed by atoms with van der Waals surface area (Å²) >= 11 is 1.29. The van der Waals surface area contributed by atoms with Crippen LogP contribution in [0.2, 0.25) is 0 Å². The molecule has 2 N–H and O–H groups in total. The topological polar surface area (TPSA) is 83.7 Å². The van der Waals surface area contributed by atoms with E-state index in [-0.39, 0.29) is 18.4 Å². The van der Waals surface area contributed by atoms with Gasteiger partial charge in [-0.1, -0.05) is 12.1 Å². The van der Waals surface area contributed by atoms with E-state index in [1.165, 1.54) is 18.3 Å². The van der Waals surface area contributed by atoms with Gasteiger partial charge in [0.05, 0.1) is 6.10 Å². The van der Waals surface area contributed by atoms with E-state index < -0.39 is 6.10 Å². The highest BCUT2D eigenvalue weighted by Crippen LogP contribution is 2.16. The second kappa shape index (κ2) is 7.15. The fraction of sp³-hybridized carbons (Fsp3) is 0.267. The molecule has 7 heteroatoms. The summed E-state index contributed by atoms with van der Waals surface area (Å²) in [6, 6.07) is 7.04. The summed E-state index contributed by atoms with van der Waals surface area (Å²) in [5, 5.41) is 14.1. The predicted octanol–water partition coefficient (Wildman–Crippen LogP) is 1.69. The van der Waals surface area contributed by atoms with Crippen LogP contribution in [0.3, 0.4) is 0 Å². The van der Waals surface area contributed by atoms with Gasteiger partial charge in [-0.15, -0.1) is 11.3 Å². The molecule has 2 rings (SSSR count). The molecule has 1 unspecified atom stereocenters. The monoisotopic (exact) mass is 319 g/mol. The van der Waals surface area contributed by atoms with Crippen LogP contribution in [0.4, 0.5) is 5.69 Å². The number of hydrogen-bond donors (Lipinski definition) is 2. The van der Waals surface area contributed by atoms with E-state index in [1.54, 1.807) is 47.3 Å². The fourth-order valence-electron chi connectivity index (χ4n) is 1.87. The molecule has 1 atom stereocenters. The summed E-state index contributed by atoms with van der Waals surface area (Å²) in [5.41, 5.74) is 1.34. The smallest absolute Gasteiger partial charge is 0.245 e. The standard InChI is InChI=1S/C15H17N3O3S/c1-10(19)12-4-3-5-13(8-12)17-14(21)9-18-6-7-22-15(18)16-11(2)20/h3-8,10,19H,9H2,1-2H3,(H,17,21). The lowest BCUT2D eigenvalue weighted by molar-refractivity contribution is -0.117. The minimum absolute atomic E-state index is 0.0640. The molecule has 2 aromatic rings. The second-order valence-corrected chi connectivity index (χ2v) is 5.67. The molecule has 0 aliphatic heterocycles. The maximum Gasteiger partial charge on any atom is 0.245 e. The normalized spacial score (nSPS) is 13.0. The molecule has 1 aromatic carbocycles. The minimum atomic E-state index is -0.593. The Bertz CT molecular complexity index is 746. The van der Waals surface area contributed by atoms with Crippen molar-refractivity contribution in [2.45, 2.75) is 26.5 Å². The van der Waals surface area contributed by atoms with Crippen molar-refractivity contribution >= 4 is 28.8 Å². The molecular formula is C15H17N3O3S. The molecule has 0 saturated heterocycles. The van der Waals surface area contributed by atoms with Gasteiger partial charge in [-0.2, -0.15) is 4.99 Å². The first-order valence-electron chi connectivity index (χ1n) is 6.73. The molecule has 0 bridgehead atoms. The molecule has 0 saturated carbocycles. The summed E-state index contributed by atoms with van der Waals surface area (Å²) in [5.74, 6) is -0.535. The highest BCUT2D eigenvalue weighted by atomic mass is 32.1. The average molecular weight is 319 g/mol. The van der Waals surface area contributed by atoms with Gasteiger partial charge < -0.3 is 15.0 Å². The number of amides is 2. The van der Waals surface area contributed by atoms with Crippen LogP contribution >= 0.6 is 11.3 Å². The molecule has 1 heterocycles. The van der Waals surface area contributed by atoms with Crippen molar-refractivity contribution in [3.8, 4) is 0 Å². The van der Waals surface area contributed by atoms with E-state index in [2.05, 4.69) is 10.3 Å². The van der Waals surface area contributed by atoms with E-state index in [0.717, 1.165) is 5.56 Å². The first kappa shape index (κ1) is 16.1. The van der Waals surface area contributed by atoms with Crippen molar-refractivity contribution in [1.82, 2.24) is 4.57 Å². The van der Waals surface area contributed by atoms with Gasteiger partial charge in [-0.05, 0) is 24.6 Å². The number of carbonyl (C=O) groups excluding carboxylic acids is 2. The molecule has 2 amide bonds. The fourth-order valence-corrected chi connectivity index (χ4v) is 2.64. The number of aromatic nitrogens is 1. The molecule has 0 aliphatic carbocycles. The second-order valence-electron chi connectivity index (χ2n) is 4.79. The van der Waals surface area contributed by atoms with Crippen molar-refractivity contribution in [3.05, 3.63) is 46.2 Å². The molecule has 0 radical (unpaired) electrons. The van der Waals surface area contributed by atoms with E-state index in [0.29, 0.717) is 10.5 Å². The molecule has 1 aromatic heterocycles. The van der Waals surface area contributed by atoms with Gasteiger partial charge in [-0.25, -0.2) is 0 Å². The van der Waals surface area contributed by atoms with E-state index in [9.17, 15) is 14.7 Å². The van der Waals surface area contributed by atoms with Crippen LogP contribution < -0.4 is 10.1 Å². The summed E-state index contributed by atoms with van der Waals surface area (Å²) in [4.78, 5) is 27.5. The van der Waals surface area contributed by atoms with Crippen LogP contribution in [0.1, 0.15) is 25.5 Å². The van der Waals surface area contributed by atoms with E-state index in [4.69, 9.17) is 0 Å². The Balaban J connectivity index is 2.10. The van der Waals surface area contributed by atoms with E-state index in [1.807, 2.05) is 0 Å². The lowest BCUT2D eigenvalue weighted by Gasteiger charge is -2.09. The van der Waals surface area contributed by atoms with Gasteiger partial charge in [0.2, 0.25) is 11.8 Å². The van der Waals surface area contributed by atoms with Crippen molar-refractivity contribution in [1.29, 1.82) is 0 Å². The van der Waals surface area contributed by atoms with Gasteiger partial charge in [0.15, 0.2) is 4.80 Å². The summed E-state index contributed by atoms with van der Waals surface area (Å²) in [6.45, 7) is 3.10. The zero-order chi connectivity index (χ0) is 16.1. The minimum Gasteiger partial charge on any atom is -0.389 e. The zero-order valence-corrected chi connectivity index (χ0v) is 13.1. The number of rotatable bonds is 4. The highest BCUT2D eigenvalue weighted by molar-refractivity contribution is 7.07. The Morgan fingerprint density at radius 2 is 2.23 bits per heavy atom. The van der Waals surface area contributed by atoms with Gasteiger partial charge >= 0.3 is 0 Å². The first-order chi connectivity index (χ1) is 10.5. The van der Waals surface area contributed by atoms with Crippen LogP contribution in [-0.2, 0) is 16.1 Å². The maximum absolute atomic E-state index is 12.1. The predicted molar refractivity (Wildman–Crippen MR) is 84.3 cm³/mol. The molecular weight excluding hydrogens is 302 g/mol. The Morgan fingerprint density at radius 1 is 1.45 bits per heavy atom. The quantitative estimate of drug-likeness (QED) is 0.899. The number of nitrogens with one attached hydrogen (secondary N) is 1. The van der Waals surface area contributed by atoms with Crippen LogP contribution in [0.25, 0.3) is 0 Å². The number of anilines is 1. The average Bonchev–Trinajstić information content (AvgIpc) is 2.85. The van der Waals surface area contributed by atoms with Crippen LogP contribution in [0, 0.1) is 0 Å². The number of nitrogens with zero attached hydrogens (tertiary/aromatic N) is 2. The van der Waals surface area contributed by atoms with Gasteiger partial charge in [0, 0.05) is 24.2 Å². The zero-order valence-electron chi connectivity index (χ0n) is 12.3. The largest absolute Gasteiger partial charge is 0.389 e. The number of thiazole rings is 1. The molecule has 0 fully saturated rings. The number of hydrogen-bond acceptors (Lipinski definition) is 4. The van der Waals surface area contributed by atoms with Crippen molar-refractivity contribution < 1.29 is 14.7 Å². The molecule has 22 heavy (non-hydrogen) atoms. The lowest BCUT2D eigenvalue weighted by Crippen LogP contribution is -2.25. The molecule has 0 aliphatic rings. The maximum atomic E-state index is 12.1. The Labute approximate surface area is 131 Å². The van der Waals surface area contributed by atoms with Crippen LogP contribution in [0.15, 0.2) is 40.8 Å². The SMILES string of the molecule is CC(=O)N=c1sccn1CC(=O)Nc1cccc(C(C)O)c1. The van der Waals surface area contributed by atoms with Crippen molar-refractivity contribution in [2.24, 2.45) is 4.99 Å². The number of aliphatic hydroxyl groups excluding tert-OH is 1. The molecule has 0 spiro atoms. The number of aliphatic hydroxyl groups is 1. The molecule has 116 valence electrons. The van der Waals surface area contributed by atoms with Gasteiger partial charge in [0.1, 0.15) is 6.54 Å². The van der Waals surface area contributed by atoms with E-state index >= 15 is 0 Å². The summed E-state index contributed by atoms with van der Waals surface area (Å²) < 4.78 is 1.61. The highest BCUT2D eigenvalue weighted by Gasteiger charge is 2.07. The third-order valence-electron chi connectivity index (χ3n) is 2.88. The Hall–Kier alpha value is -2.25. The third-order valence-corrected chi connectivity index (χ3v) is 3.67. The van der Waals surface area contributed by atoms with Crippen LogP contribution in [0.5, 0.6) is 0 Å². The first-order valence-corrected chi connectivity index (χ1v) is 7.61. The van der Waals surface area contributed by atoms with Gasteiger partial charge in [0.25, 0.3) is 0 Å². The summed E-state index contributed by atoms with van der Waals surface area (Å²) in [7, 11) is 0. The summed E-state index contributed by atoms with van der Waals surface area (Å²) in [6.07, 6.45) is 1.11. The van der Waals surface area contributed by atoms with Crippen molar-refractivity contribution in [3.63, 3.8) is 0 Å². The van der Waals surface area contributed by atoms with Crippen molar-refractivity contribution in [2.75, 3.05) is 5.32 Å². The number of carbonyl (C=O) groups is 2. The molecule has 6 nitrogen and oxygen atoms in total. The number of benzene rings is 1. The Kier molecular flexibility index (Phi) is 5.24. The Morgan fingerprint density at radius 3 is 2.91 bits per heavy atom. The third kappa shape index (κ3) is 4.37. The van der Waals surface area contributed by atoms with Crippen LogP contribution in [-0.4, -0.2) is 21.5 Å². The lowest BCUT2D eigenvalue weighted by atomic mass is 10.1.